The number of carbonyl (C=O) groups is 6. The second-order valence-electron chi connectivity index (χ2n) is 12.5. The summed E-state index contributed by atoms with van der Waals surface area (Å²) in [5.74, 6) is -3.09. The first-order valence-corrected chi connectivity index (χ1v) is 16.7. The first-order valence-electron chi connectivity index (χ1n) is 15.0. The van der Waals surface area contributed by atoms with Crippen LogP contribution in [0.15, 0.2) is 60.7 Å². The Balaban J connectivity index is 0.000000932. The molecule has 0 aliphatic carbocycles. The fraction of sp³-hybridized carbons (Fsp3) is 0.438. The van der Waals surface area contributed by atoms with Crippen LogP contribution >= 0.6 is 23.5 Å². The number of carbonyl (C=O) groups excluding carboxylic acids is 6. The zero-order chi connectivity index (χ0) is 35.0. The number of para-hydroxylation sites is 2. The molecule has 6 atom stereocenters. The van der Waals surface area contributed by atoms with E-state index in [4.69, 9.17) is 9.47 Å². The van der Waals surface area contributed by atoms with Gasteiger partial charge in [0.1, 0.15) is 34.3 Å². The molecule has 288 valence electrons. The molecule has 4 aliphatic heterocycles. The molecule has 4 fully saturated rings. The summed E-state index contributed by atoms with van der Waals surface area (Å²) >= 11 is 2.70. The molecule has 0 bridgehead atoms. The van der Waals surface area contributed by atoms with Crippen molar-refractivity contribution in [1.82, 2.24) is 20.4 Å². The molecule has 0 aromatic heterocycles. The molecule has 21 heteroatoms. The summed E-state index contributed by atoms with van der Waals surface area (Å²) in [6, 6.07) is 14.3. The molecule has 0 unspecified atom stereocenters. The number of nitrogens with zero attached hydrogens (tertiary/aromatic N) is 2. The molecule has 4 amide bonds. The summed E-state index contributed by atoms with van der Waals surface area (Å²) in [6.45, 7) is 6.58. The van der Waals surface area contributed by atoms with E-state index in [1.54, 1.807) is 76.2 Å². The Morgan fingerprint density at radius 3 is 1.23 bits per heavy atom. The van der Waals surface area contributed by atoms with Crippen molar-refractivity contribution in [3.05, 3.63) is 60.7 Å². The molecule has 4 saturated heterocycles. The topological polar surface area (TPSA) is 324 Å². The summed E-state index contributed by atoms with van der Waals surface area (Å²) in [7, 11) is 0. The third-order valence-corrected chi connectivity index (χ3v) is 11.3. The molecular weight excluding hydrogens is 769 g/mol. The summed E-state index contributed by atoms with van der Waals surface area (Å²) < 4.78 is 9.34. The van der Waals surface area contributed by atoms with Crippen LogP contribution in [0.4, 0.5) is 0 Å². The minimum absolute atomic E-state index is 0. The van der Waals surface area contributed by atoms with E-state index in [1.807, 2.05) is 12.1 Å². The van der Waals surface area contributed by atoms with Crippen LogP contribution in [0, 0.1) is 0 Å². The van der Waals surface area contributed by atoms with E-state index in [1.165, 1.54) is 33.3 Å². The molecule has 53 heavy (non-hydrogen) atoms. The van der Waals surface area contributed by atoms with Crippen molar-refractivity contribution < 1.29 is 70.4 Å². The Labute approximate surface area is 342 Å². The fourth-order valence-corrected chi connectivity index (χ4v) is 9.26. The average Bonchev–Trinajstić information content (AvgIpc) is 3.46. The predicted molar refractivity (Wildman–Crippen MR) is 190 cm³/mol. The van der Waals surface area contributed by atoms with Gasteiger partial charge in [-0.1, -0.05) is 36.4 Å². The number of nitrogens with one attached hydrogen (secondary N) is 2. The Morgan fingerprint density at radius 1 is 0.642 bits per heavy atom. The normalized spacial score (nSPS) is 24.6. The third kappa shape index (κ3) is 10.5. The Kier molecular flexibility index (Phi) is 18.6. The number of aliphatic carboxylic acids is 2. The van der Waals surface area contributed by atoms with Crippen LogP contribution in [0.2, 0.25) is 0 Å². The van der Waals surface area contributed by atoms with Crippen molar-refractivity contribution in [2.45, 2.75) is 72.1 Å². The van der Waals surface area contributed by atoms with Crippen LogP contribution in [0.1, 0.15) is 27.7 Å². The van der Waals surface area contributed by atoms with Gasteiger partial charge in [-0.15, -0.1) is 23.5 Å². The number of benzene rings is 2. The van der Waals surface area contributed by atoms with Crippen LogP contribution < -0.4 is 30.3 Å². The second kappa shape index (κ2) is 19.8. The van der Waals surface area contributed by atoms with E-state index in [2.05, 4.69) is 10.6 Å². The smallest absolute Gasteiger partial charge is 0.548 e. The maximum Gasteiger partial charge on any atom is 2.00 e. The number of carboxylic acids is 2. The molecule has 0 radical (unpaired) electrons. The van der Waals surface area contributed by atoms with Crippen LogP contribution in [-0.4, -0.2) is 163 Å². The van der Waals surface area contributed by atoms with E-state index in [0.717, 1.165) is 0 Å². The van der Waals surface area contributed by atoms with Crippen LogP contribution in [-0.2, 0) is 28.8 Å². The number of amides is 4. The standard InChI is InChI=1S/2C16H18N2O5S.Ca.4H2O/c2*1-16(2)12(15(21)22)18-13(20)11(14(18)24-16)17-10(19)8-23-9-6-4-3-5-7-9;;;;;/h2*3-7,11-12,14H,8H2,1-2H3,(H,17,19)(H,21,22);;4*1H2/q;;+2;;;;/p-2/t2*11-,12+,14-;;;;;/m11...../s1. The van der Waals surface area contributed by atoms with Gasteiger partial charge in [0.25, 0.3) is 11.8 Å². The van der Waals surface area contributed by atoms with Gasteiger partial charge in [-0.2, -0.15) is 0 Å². The summed E-state index contributed by atoms with van der Waals surface area (Å²) in [5.41, 5.74) is 0. The monoisotopic (exact) mass is 810 g/mol. The van der Waals surface area contributed by atoms with Gasteiger partial charge in [-0.3, -0.25) is 19.2 Å². The third-order valence-electron chi connectivity index (χ3n) is 8.19. The van der Waals surface area contributed by atoms with Gasteiger partial charge in [0, 0.05) is 9.49 Å². The van der Waals surface area contributed by atoms with Crippen molar-refractivity contribution >= 4 is 96.8 Å². The Bertz CT molecular complexity index is 1490. The number of rotatable bonds is 10. The number of hydrogen-bond acceptors (Lipinski definition) is 12. The van der Waals surface area contributed by atoms with Gasteiger partial charge < -0.3 is 71.6 Å². The summed E-state index contributed by atoms with van der Waals surface area (Å²) in [5, 5.41) is 27.1. The SMILES string of the molecule is CC1(C)S[C@@H]2[C@H](NC(=O)COc3ccccc3)C(=O)N2[C@H]1C(=O)[O-].CC1(C)S[C@@H]2[C@H](NC(=O)COc3ccccc3)C(=O)N2[C@H]1C(=O)[O-].O.O.O.O.[Ca+2]. The maximum atomic E-state index is 12.2. The second-order valence-corrected chi connectivity index (χ2v) is 16.0. The van der Waals surface area contributed by atoms with Crippen molar-refractivity contribution in [3.63, 3.8) is 0 Å². The number of carboxylic acid groups (broad SMARTS) is 2. The van der Waals surface area contributed by atoms with Gasteiger partial charge in [-0.25, -0.2) is 0 Å². The van der Waals surface area contributed by atoms with E-state index in [0.29, 0.717) is 11.5 Å². The van der Waals surface area contributed by atoms with E-state index in [9.17, 15) is 39.0 Å². The van der Waals surface area contributed by atoms with Crippen molar-refractivity contribution in [3.8, 4) is 11.5 Å². The largest absolute Gasteiger partial charge is 2.00 e. The fourth-order valence-electron chi connectivity index (χ4n) is 6.01. The predicted octanol–water partition coefficient (Wildman–Crippen LogP) is -4.95. The van der Waals surface area contributed by atoms with Gasteiger partial charge in [-0.05, 0) is 52.0 Å². The number of hydrogen-bond donors (Lipinski definition) is 2. The quantitative estimate of drug-likeness (QED) is 0.168. The molecule has 0 saturated carbocycles. The van der Waals surface area contributed by atoms with Crippen LogP contribution in [0.3, 0.4) is 0 Å². The van der Waals surface area contributed by atoms with Gasteiger partial charge in [0.15, 0.2) is 13.2 Å². The van der Waals surface area contributed by atoms with Gasteiger partial charge in [0.2, 0.25) is 11.8 Å². The van der Waals surface area contributed by atoms with E-state index >= 15 is 0 Å². The maximum absolute atomic E-state index is 12.2. The average molecular weight is 811 g/mol. The molecule has 4 aliphatic rings. The zero-order valence-corrected chi connectivity index (χ0v) is 33.0. The summed E-state index contributed by atoms with van der Waals surface area (Å²) in [6.07, 6.45) is 0. The first kappa shape index (κ1) is 49.7. The van der Waals surface area contributed by atoms with Gasteiger partial charge in [0.05, 0.1) is 24.0 Å². The molecule has 0 spiro atoms. The Morgan fingerprint density at radius 2 is 0.943 bits per heavy atom. The molecule has 2 aromatic rings. The first-order chi connectivity index (χ1) is 22.6. The van der Waals surface area contributed by atoms with Crippen molar-refractivity contribution in [2.24, 2.45) is 0 Å². The van der Waals surface area contributed by atoms with Crippen molar-refractivity contribution in [1.29, 1.82) is 0 Å². The molecule has 2 aromatic carbocycles. The Hall–Kier alpha value is -3.34. The van der Waals surface area contributed by atoms with Gasteiger partial charge >= 0.3 is 37.7 Å². The van der Waals surface area contributed by atoms with Crippen LogP contribution in [0.25, 0.3) is 0 Å². The minimum atomic E-state index is -1.28. The number of thioether (sulfide) groups is 2. The molecule has 18 nitrogen and oxygen atoms in total. The molecule has 10 N–H and O–H groups in total. The van der Waals surface area contributed by atoms with E-state index < -0.39 is 80.0 Å². The number of fused-ring (bicyclic) bond motifs is 2. The van der Waals surface area contributed by atoms with Crippen molar-refractivity contribution in [2.75, 3.05) is 13.2 Å². The van der Waals surface area contributed by atoms with Crippen LogP contribution in [0.5, 0.6) is 11.5 Å². The van der Waals surface area contributed by atoms with E-state index in [-0.39, 0.29) is 72.9 Å². The molecule has 4 heterocycles. The number of ether oxygens (including phenoxy) is 2. The summed E-state index contributed by atoms with van der Waals surface area (Å²) in [4.78, 5) is 73.6. The number of β-lactam (4-membered cyclic amide) rings is 2. The zero-order valence-electron chi connectivity index (χ0n) is 29.2. The molecule has 6 rings (SSSR count). The minimum Gasteiger partial charge on any atom is -0.548 e. The molecular formula is C32H42CaN4O14S2.